The minimum absolute atomic E-state index is 0.135. The molecule has 0 unspecified atom stereocenters. The fourth-order valence-electron chi connectivity index (χ4n) is 2.14. The van der Waals surface area contributed by atoms with Gasteiger partial charge in [0.15, 0.2) is 5.78 Å². The number of carbonyl (C=O) groups excluding carboxylic acids is 1. The van der Waals surface area contributed by atoms with Crippen molar-refractivity contribution in [1.29, 1.82) is 0 Å². The molecule has 0 N–H and O–H groups in total. The molecule has 0 aliphatic rings. The maximum Gasteiger partial charge on any atom is 0.181 e. The summed E-state index contributed by atoms with van der Waals surface area (Å²) in [6, 6.07) is 9.70. The Balaban J connectivity index is 1.98. The zero-order chi connectivity index (χ0) is 14.5. The number of aromatic nitrogens is 2. The Bertz CT molecular complexity index is 585. The Morgan fingerprint density at radius 2 is 2.00 bits per heavy atom. The highest BCUT2D eigenvalue weighted by Crippen LogP contribution is 2.14. The minimum Gasteiger partial charge on any atom is -0.497 e. The van der Waals surface area contributed by atoms with E-state index in [4.69, 9.17) is 4.74 Å². The van der Waals surface area contributed by atoms with E-state index in [9.17, 15) is 4.79 Å². The lowest BCUT2D eigenvalue weighted by atomic mass is 10.1. The molecule has 2 aromatic rings. The fraction of sp³-hybridized carbons (Fsp3) is 0.375. The number of benzene rings is 1. The SMILES string of the molecule is CCc1cc(C(=O)CCc2ccc(OC)cc2)n(C)n1. The molecule has 1 aromatic heterocycles. The van der Waals surface area contributed by atoms with E-state index in [1.807, 2.05) is 44.3 Å². The summed E-state index contributed by atoms with van der Waals surface area (Å²) in [5.74, 6) is 0.967. The van der Waals surface area contributed by atoms with Gasteiger partial charge in [-0.05, 0) is 36.6 Å². The third-order valence-corrected chi connectivity index (χ3v) is 3.38. The number of ketones is 1. The van der Waals surface area contributed by atoms with Gasteiger partial charge in [0, 0.05) is 13.5 Å². The van der Waals surface area contributed by atoms with Crippen LogP contribution in [0.3, 0.4) is 0 Å². The van der Waals surface area contributed by atoms with Gasteiger partial charge in [-0.2, -0.15) is 5.10 Å². The topological polar surface area (TPSA) is 44.1 Å². The van der Waals surface area contributed by atoms with Gasteiger partial charge in [0.2, 0.25) is 0 Å². The van der Waals surface area contributed by atoms with Crippen LogP contribution >= 0.6 is 0 Å². The normalized spacial score (nSPS) is 10.6. The van der Waals surface area contributed by atoms with Crippen molar-refractivity contribution in [2.75, 3.05) is 7.11 Å². The van der Waals surface area contributed by atoms with E-state index >= 15 is 0 Å². The summed E-state index contributed by atoms with van der Waals surface area (Å²) in [5, 5.41) is 4.31. The van der Waals surface area contributed by atoms with Gasteiger partial charge in [0.1, 0.15) is 11.4 Å². The van der Waals surface area contributed by atoms with Gasteiger partial charge in [-0.1, -0.05) is 19.1 Å². The molecule has 0 amide bonds. The third kappa shape index (κ3) is 3.26. The summed E-state index contributed by atoms with van der Waals surface area (Å²) in [4.78, 5) is 12.2. The van der Waals surface area contributed by atoms with E-state index in [2.05, 4.69) is 5.10 Å². The number of hydrogen-bond donors (Lipinski definition) is 0. The summed E-state index contributed by atoms with van der Waals surface area (Å²) >= 11 is 0. The average Bonchev–Trinajstić information content (AvgIpc) is 2.86. The van der Waals surface area contributed by atoms with Crippen molar-refractivity contribution in [2.24, 2.45) is 7.05 Å². The van der Waals surface area contributed by atoms with E-state index in [1.54, 1.807) is 11.8 Å². The van der Waals surface area contributed by atoms with Crippen LogP contribution in [-0.2, 0) is 19.9 Å². The molecule has 0 aliphatic carbocycles. The Labute approximate surface area is 119 Å². The highest BCUT2D eigenvalue weighted by Gasteiger charge is 2.12. The van der Waals surface area contributed by atoms with Crippen molar-refractivity contribution in [1.82, 2.24) is 9.78 Å². The van der Waals surface area contributed by atoms with Crippen LogP contribution in [0.25, 0.3) is 0 Å². The first-order valence-corrected chi connectivity index (χ1v) is 6.83. The van der Waals surface area contributed by atoms with Crippen LogP contribution < -0.4 is 4.74 Å². The Hall–Kier alpha value is -2.10. The zero-order valence-electron chi connectivity index (χ0n) is 12.2. The van der Waals surface area contributed by atoms with E-state index < -0.39 is 0 Å². The zero-order valence-corrected chi connectivity index (χ0v) is 12.2. The fourth-order valence-corrected chi connectivity index (χ4v) is 2.14. The summed E-state index contributed by atoms with van der Waals surface area (Å²) in [6.07, 6.45) is 2.07. The van der Waals surface area contributed by atoms with Gasteiger partial charge < -0.3 is 4.74 Å². The van der Waals surface area contributed by atoms with Crippen molar-refractivity contribution in [3.8, 4) is 5.75 Å². The molecule has 4 nitrogen and oxygen atoms in total. The second-order valence-corrected chi connectivity index (χ2v) is 4.77. The second-order valence-electron chi connectivity index (χ2n) is 4.77. The predicted molar refractivity (Wildman–Crippen MR) is 78.2 cm³/mol. The first-order valence-electron chi connectivity index (χ1n) is 6.83. The number of nitrogens with zero attached hydrogens (tertiary/aromatic N) is 2. The van der Waals surface area contributed by atoms with E-state index in [0.717, 1.165) is 29.8 Å². The monoisotopic (exact) mass is 272 g/mol. The lowest BCUT2D eigenvalue weighted by molar-refractivity contribution is 0.0973. The summed E-state index contributed by atoms with van der Waals surface area (Å²) < 4.78 is 6.79. The molecule has 0 bridgehead atoms. The van der Waals surface area contributed by atoms with Crippen molar-refractivity contribution in [2.45, 2.75) is 26.2 Å². The van der Waals surface area contributed by atoms with Crippen molar-refractivity contribution in [3.63, 3.8) is 0 Å². The Morgan fingerprint density at radius 1 is 1.30 bits per heavy atom. The molecule has 0 fully saturated rings. The lowest BCUT2D eigenvalue weighted by Gasteiger charge is -2.03. The standard InChI is InChI=1S/C16H20N2O2/c1-4-13-11-15(18(2)17-13)16(19)10-7-12-5-8-14(20-3)9-6-12/h5-6,8-9,11H,4,7,10H2,1-3H3. The lowest BCUT2D eigenvalue weighted by Crippen LogP contribution is -2.07. The molecule has 20 heavy (non-hydrogen) atoms. The molecule has 106 valence electrons. The first-order chi connectivity index (χ1) is 9.63. The third-order valence-electron chi connectivity index (χ3n) is 3.38. The van der Waals surface area contributed by atoms with E-state index in [-0.39, 0.29) is 5.78 Å². The first kappa shape index (κ1) is 14.3. The number of carbonyl (C=O) groups is 1. The summed E-state index contributed by atoms with van der Waals surface area (Å²) in [6.45, 7) is 2.04. The number of Topliss-reactive ketones (excluding diaryl/α,β-unsaturated/α-hetero) is 1. The minimum atomic E-state index is 0.135. The van der Waals surface area contributed by atoms with Crippen LogP contribution in [0, 0.1) is 0 Å². The highest BCUT2D eigenvalue weighted by molar-refractivity contribution is 5.94. The van der Waals surface area contributed by atoms with Crippen molar-refractivity contribution < 1.29 is 9.53 Å². The molecular weight excluding hydrogens is 252 g/mol. The molecule has 4 heteroatoms. The van der Waals surface area contributed by atoms with Gasteiger partial charge in [0.25, 0.3) is 0 Å². The molecule has 0 atom stereocenters. The largest absolute Gasteiger partial charge is 0.497 e. The summed E-state index contributed by atoms with van der Waals surface area (Å²) in [7, 11) is 3.46. The number of ether oxygens (including phenoxy) is 1. The van der Waals surface area contributed by atoms with Gasteiger partial charge in [-0.25, -0.2) is 0 Å². The molecule has 0 aliphatic heterocycles. The van der Waals surface area contributed by atoms with Crippen LogP contribution in [-0.4, -0.2) is 22.7 Å². The van der Waals surface area contributed by atoms with Crippen LogP contribution in [0.15, 0.2) is 30.3 Å². The molecule has 1 aromatic carbocycles. The average molecular weight is 272 g/mol. The van der Waals surface area contributed by atoms with Gasteiger partial charge in [-0.15, -0.1) is 0 Å². The van der Waals surface area contributed by atoms with E-state index in [1.165, 1.54) is 0 Å². The van der Waals surface area contributed by atoms with Crippen LogP contribution in [0.4, 0.5) is 0 Å². The number of methoxy groups -OCH3 is 1. The van der Waals surface area contributed by atoms with Crippen molar-refractivity contribution in [3.05, 3.63) is 47.3 Å². The van der Waals surface area contributed by atoms with Gasteiger partial charge in [-0.3, -0.25) is 9.48 Å². The quantitative estimate of drug-likeness (QED) is 0.759. The molecule has 1 heterocycles. The molecule has 0 saturated heterocycles. The molecule has 0 radical (unpaired) electrons. The maximum atomic E-state index is 12.2. The van der Waals surface area contributed by atoms with Gasteiger partial charge in [0.05, 0.1) is 12.8 Å². The molecule has 2 rings (SSSR count). The summed E-state index contributed by atoms with van der Waals surface area (Å²) in [5.41, 5.74) is 2.78. The predicted octanol–water partition coefficient (Wildman–Crippen LogP) is 2.81. The van der Waals surface area contributed by atoms with E-state index in [0.29, 0.717) is 12.1 Å². The highest BCUT2D eigenvalue weighted by atomic mass is 16.5. The van der Waals surface area contributed by atoms with Crippen LogP contribution in [0.5, 0.6) is 5.75 Å². The molecular formula is C16H20N2O2. The van der Waals surface area contributed by atoms with Crippen molar-refractivity contribution >= 4 is 5.78 Å². The molecule has 0 spiro atoms. The van der Waals surface area contributed by atoms with Crippen LogP contribution in [0.2, 0.25) is 0 Å². The number of rotatable bonds is 6. The maximum absolute atomic E-state index is 12.2. The smallest absolute Gasteiger partial charge is 0.181 e. The Morgan fingerprint density at radius 3 is 2.55 bits per heavy atom. The number of hydrogen-bond acceptors (Lipinski definition) is 3. The number of aryl methyl sites for hydroxylation is 3. The second kappa shape index (κ2) is 6.37. The van der Waals surface area contributed by atoms with Crippen LogP contribution in [0.1, 0.15) is 35.1 Å². The Kier molecular flexibility index (Phi) is 4.56. The molecule has 0 saturated carbocycles. The van der Waals surface area contributed by atoms with Gasteiger partial charge >= 0.3 is 0 Å².